The van der Waals surface area contributed by atoms with E-state index < -0.39 is 90.6 Å². The first kappa shape index (κ1) is 15.8. The van der Waals surface area contributed by atoms with Gasteiger partial charge in [0.15, 0.2) is 0 Å². The Bertz CT molecular complexity index is 3330. The number of para-hydroxylation sites is 2. The van der Waals surface area contributed by atoms with Gasteiger partial charge in [-0.05, 0) is 85.3 Å². The molecule has 8 aromatic carbocycles. The summed E-state index contributed by atoms with van der Waals surface area (Å²) in [6, 6.07) is 19.4. The van der Waals surface area contributed by atoms with Gasteiger partial charge in [-0.1, -0.05) is 151 Å². The van der Waals surface area contributed by atoms with Gasteiger partial charge in [0.2, 0.25) is 0 Å². The van der Waals surface area contributed by atoms with E-state index in [1.54, 1.807) is 71.3 Å². The van der Waals surface area contributed by atoms with E-state index in [1.165, 1.54) is 0 Å². The van der Waals surface area contributed by atoms with Gasteiger partial charge in [0.05, 0.1) is 31.6 Å². The van der Waals surface area contributed by atoms with E-state index in [2.05, 4.69) is 0 Å². The average Bonchev–Trinajstić information content (AvgIpc) is 3.67. The third kappa shape index (κ3) is 4.62. The summed E-state index contributed by atoms with van der Waals surface area (Å²) in [5, 5.41) is 1.69. The van der Waals surface area contributed by atoms with Crippen molar-refractivity contribution in [1.82, 2.24) is 9.55 Å². The molecule has 9 aromatic rings. The van der Waals surface area contributed by atoms with Crippen LogP contribution >= 0.6 is 0 Å². The normalized spacial score (nSPS) is 15.9. The lowest BCUT2D eigenvalue weighted by Crippen LogP contribution is -1.97. The quantitative estimate of drug-likeness (QED) is 0.177. The smallest absolute Gasteiger partial charge is 0.145 e. The Morgan fingerprint density at radius 2 is 0.936 bits per heavy atom. The molecule has 2 heteroatoms. The minimum atomic E-state index is -0.561. The molecule has 47 heavy (non-hydrogen) atoms. The van der Waals surface area contributed by atoms with Crippen molar-refractivity contribution in [2.24, 2.45) is 0 Å². The molecule has 0 spiro atoms. The van der Waals surface area contributed by atoms with Gasteiger partial charge in [-0.2, -0.15) is 0 Å². The summed E-state index contributed by atoms with van der Waals surface area (Å²) in [6.07, 6.45) is 0. The van der Waals surface area contributed by atoms with Crippen LogP contribution in [-0.2, 0) is 0 Å². The molecule has 9 rings (SSSR count). The summed E-state index contributed by atoms with van der Waals surface area (Å²) in [7, 11) is 0. The average molecular weight is 614 g/mol. The highest BCUT2D eigenvalue weighted by Gasteiger charge is 2.18. The Labute approximate surface area is 294 Å². The fraction of sp³-hybridized carbons (Fsp3) is 0. The lowest BCUT2D eigenvalue weighted by molar-refractivity contribution is 1.10. The molecule has 0 radical (unpaired) electrons. The van der Waals surface area contributed by atoms with E-state index >= 15 is 0 Å². The predicted octanol–water partition coefficient (Wildman–Crippen LogP) is 12.0. The molecular formula is C45H30N2. The molecular weight excluding hydrogens is 569 g/mol. The molecule has 0 aliphatic rings. The summed E-state index contributed by atoms with van der Waals surface area (Å²) in [6.45, 7) is 0. The molecule has 0 unspecified atom stereocenters. The molecule has 0 N–H and O–H groups in total. The third-order valence-corrected chi connectivity index (χ3v) is 8.27. The molecule has 0 atom stereocenters. The summed E-state index contributed by atoms with van der Waals surface area (Å²) in [5.74, 6) is 0.150. The van der Waals surface area contributed by atoms with Crippen molar-refractivity contribution < 1.29 is 20.6 Å². The Kier molecular flexibility index (Phi) is 3.80. The minimum absolute atomic E-state index is 0.0515. The first-order valence-electron chi connectivity index (χ1n) is 22.3. The van der Waals surface area contributed by atoms with Crippen molar-refractivity contribution >= 4 is 32.6 Å². The van der Waals surface area contributed by atoms with Crippen molar-refractivity contribution in [3.8, 4) is 50.5 Å². The minimum Gasteiger partial charge on any atom is -0.292 e. The number of aromatic nitrogens is 2. The summed E-state index contributed by atoms with van der Waals surface area (Å²) < 4.78 is 131. The maximum atomic E-state index is 9.03. The van der Waals surface area contributed by atoms with Crippen LogP contribution in [0.1, 0.15) is 20.6 Å². The number of imidazole rings is 1. The van der Waals surface area contributed by atoms with Crippen LogP contribution in [0.5, 0.6) is 0 Å². The van der Waals surface area contributed by atoms with Gasteiger partial charge >= 0.3 is 0 Å². The predicted molar refractivity (Wildman–Crippen MR) is 198 cm³/mol. The molecule has 0 amide bonds. The zero-order chi connectivity index (χ0) is 44.2. The number of fused-ring (bicyclic) bond motifs is 3. The molecule has 1 aromatic heterocycles. The van der Waals surface area contributed by atoms with E-state index in [1.807, 2.05) is 24.3 Å². The molecule has 1 heterocycles. The van der Waals surface area contributed by atoms with Crippen LogP contribution < -0.4 is 0 Å². The molecule has 0 fully saturated rings. The Morgan fingerprint density at radius 3 is 1.57 bits per heavy atom. The van der Waals surface area contributed by atoms with E-state index in [0.717, 1.165) is 0 Å². The van der Waals surface area contributed by atoms with Crippen molar-refractivity contribution in [2.75, 3.05) is 0 Å². The zero-order valence-corrected chi connectivity index (χ0v) is 24.6. The monoisotopic (exact) mass is 613 g/mol. The lowest BCUT2D eigenvalue weighted by atomic mass is 9.85. The highest BCUT2D eigenvalue weighted by Crippen LogP contribution is 2.44. The fourth-order valence-corrected chi connectivity index (χ4v) is 6.27. The highest BCUT2D eigenvalue weighted by molar-refractivity contribution is 6.21. The second-order valence-corrected chi connectivity index (χ2v) is 10.9. The Hall–Kier alpha value is -6.25. The number of nitrogens with zero attached hydrogens (tertiary/aromatic N) is 2. The number of hydrogen-bond acceptors (Lipinski definition) is 1. The van der Waals surface area contributed by atoms with Gasteiger partial charge in [-0.3, -0.25) is 4.57 Å². The standard InChI is InChI=1S/C45H30N2/c1-4-14-32(15-5-1)43-37-20-10-11-21-38(37)44(33-16-6-2-7-17-33)40-30-35(26-29-39(40)43)31-24-27-36(28-25-31)47-42-23-13-12-22-41(42)46-45(47)34-18-8-3-9-19-34/h1-30H/i1D,2D,3D,4D,5D,6D,7D,8D,9D,14D,15D,16D,17D,18D,19D. The topological polar surface area (TPSA) is 17.8 Å². The second-order valence-electron chi connectivity index (χ2n) is 10.9. The molecule has 0 aliphatic carbocycles. The maximum Gasteiger partial charge on any atom is 0.145 e. The van der Waals surface area contributed by atoms with Crippen LogP contribution in [0.2, 0.25) is 0 Å². The van der Waals surface area contributed by atoms with Crippen molar-refractivity contribution in [3.63, 3.8) is 0 Å². The van der Waals surface area contributed by atoms with Crippen molar-refractivity contribution in [1.29, 1.82) is 0 Å². The third-order valence-electron chi connectivity index (χ3n) is 8.27. The van der Waals surface area contributed by atoms with E-state index in [9.17, 15) is 0 Å². The number of benzene rings is 8. The number of rotatable bonds is 5. The largest absolute Gasteiger partial charge is 0.292 e. The summed E-state index contributed by atoms with van der Waals surface area (Å²) in [4.78, 5) is 4.73. The molecule has 0 bridgehead atoms. The molecule has 0 saturated heterocycles. The second kappa shape index (κ2) is 11.3. The van der Waals surface area contributed by atoms with Crippen LogP contribution in [-0.4, -0.2) is 9.55 Å². The van der Waals surface area contributed by atoms with Gasteiger partial charge in [0, 0.05) is 11.3 Å². The first-order valence-corrected chi connectivity index (χ1v) is 14.8. The molecule has 2 nitrogen and oxygen atoms in total. The SMILES string of the molecule is [2H]c1c([2H])c([2H])c(-c2c3ccccc3c(-c3c([2H])c([2H])c([2H])c([2H])c3[2H])c3cc(-c4ccc(-n5c(-c6c([2H])c([2H])c([2H])c([2H])c6[2H])nc6ccccc65)cc4)ccc23)c([2H])c1[2H]. The van der Waals surface area contributed by atoms with Crippen LogP contribution in [0, 0.1) is 0 Å². The molecule has 0 saturated carbocycles. The molecule has 0 aliphatic heterocycles. The van der Waals surface area contributed by atoms with Crippen LogP contribution in [0.25, 0.3) is 83.0 Å². The zero-order valence-electron chi connectivity index (χ0n) is 39.6. The van der Waals surface area contributed by atoms with Gasteiger partial charge in [-0.15, -0.1) is 0 Å². The fourth-order valence-electron chi connectivity index (χ4n) is 6.27. The van der Waals surface area contributed by atoms with Crippen LogP contribution in [0.3, 0.4) is 0 Å². The maximum absolute atomic E-state index is 9.03. The van der Waals surface area contributed by atoms with E-state index in [-0.39, 0.29) is 22.5 Å². The lowest BCUT2D eigenvalue weighted by Gasteiger charge is -2.19. The van der Waals surface area contributed by atoms with Gasteiger partial charge in [-0.25, -0.2) is 4.98 Å². The summed E-state index contributed by atoms with van der Waals surface area (Å²) in [5.41, 5.74) is 3.48. The Morgan fingerprint density at radius 1 is 0.426 bits per heavy atom. The summed E-state index contributed by atoms with van der Waals surface area (Å²) >= 11 is 0. The van der Waals surface area contributed by atoms with Crippen LogP contribution in [0.15, 0.2) is 182 Å². The molecule has 220 valence electrons. The van der Waals surface area contributed by atoms with Gasteiger partial charge in [0.25, 0.3) is 0 Å². The number of hydrogen-bond donors (Lipinski definition) is 0. The highest BCUT2D eigenvalue weighted by atomic mass is 15.1. The van der Waals surface area contributed by atoms with E-state index in [4.69, 9.17) is 25.5 Å². The van der Waals surface area contributed by atoms with E-state index in [0.29, 0.717) is 60.5 Å². The Balaban J connectivity index is 1.32. The van der Waals surface area contributed by atoms with Crippen molar-refractivity contribution in [3.05, 3.63) is 182 Å². The van der Waals surface area contributed by atoms with Crippen LogP contribution in [0.4, 0.5) is 0 Å². The first-order chi connectivity index (χ1) is 29.5. The van der Waals surface area contributed by atoms with Crippen molar-refractivity contribution in [2.45, 2.75) is 0 Å². The van der Waals surface area contributed by atoms with Gasteiger partial charge in [0.1, 0.15) is 5.82 Å². The van der Waals surface area contributed by atoms with Gasteiger partial charge < -0.3 is 0 Å².